The molecule has 0 spiro atoms. The number of hydrogen-bond acceptors (Lipinski definition) is 7. The van der Waals surface area contributed by atoms with E-state index in [1.807, 2.05) is 30.3 Å². The maximum absolute atomic E-state index is 12.9. The van der Waals surface area contributed by atoms with Crippen molar-refractivity contribution in [2.75, 3.05) is 25.0 Å². The summed E-state index contributed by atoms with van der Waals surface area (Å²) in [5.74, 6) is -0.596. The molecule has 2 amide bonds. The second kappa shape index (κ2) is 9.48. The van der Waals surface area contributed by atoms with Crippen LogP contribution in [-0.2, 0) is 26.2 Å². The van der Waals surface area contributed by atoms with Crippen LogP contribution in [0.2, 0.25) is 0 Å². The van der Waals surface area contributed by atoms with Gasteiger partial charge in [-0.15, -0.1) is 0 Å². The quantitative estimate of drug-likeness (QED) is 0.404. The number of amides is 2. The second-order valence-corrected chi connectivity index (χ2v) is 10.2. The van der Waals surface area contributed by atoms with E-state index >= 15 is 0 Å². The standard InChI is InChI=1S/C26H23N5O4S/c1-30-24(32)16-31(17-25(30)33)23-12-13-27-22-11-10-21(29-26(22)23)19-8-5-9-20(14-19)36(34,35)28-15-18-6-3-2-4-7-18/h2-14,28H,15-17H2,1H3. The van der Waals surface area contributed by atoms with Crippen LogP contribution >= 0.6 is 0 Å². The Morgan fingerprint density at radius 1 is 0.917 bits per heavy atom. The number of imide groups is 1. The highest BCUT2D eigenvalue weighted by Gasteiger charge is 2.29. The van der Waals surface area contributed by atoms with Crippen LogP contribution in [-0.4, -0.2) is 55.2 Å². The predicted molar refractivity (Wildman–Crippen MR) is 135 cm³/mol. The number of fused-ring (bicyclic) bond motifs is 1. The van der Waals surface area contributed by atoms with Crippen LogP contribution in [0.25, 0.3) is 22.3 Å². The zero-order chi connectivity index (χ0) is 25.3. The highest BCUT2D eigenvalue weighted by atomic mass is 32.2. The van der Waals surface area contributed by atoms with Gasteiger partial charge in [-0.3, -0.25) is 19.5 Å². The molecule has 10 heteroatoms. The van der Waals surface area contributed by atoms with Gasteiger partial charge < -0.3 is 4.90 Å². The summed E-state index contributed by atoms with van der Waals surface area (Å²) >= 11 is 0. The van der Waals surface area contributed by atoms with Crippen molar-refractivity contribution in [2.45, 2.75) is 11.4 Å². The number of benzene rings is 2. The molecule has 36 heavy (non-hydrogen) atoms. The number of carbonyl (C=O) groups excluding carboxylic acids is 2. The summed E-state index contributed by atoms with van der Waals surface area (Å²) in [7, 11) is -2.28. The number of hydrogen-bond donors (Lipinski definition) is 1. The minimum absolute atomic E-state index is 0.0497. The Labute approximate surface area is 208 Å². The Kier molecular flexibility index (Phi) is 6.21. The molecule has 3 heterocycles. The van der Waals surface area contributed by atoms with Gasteiger partial charge in [0.15, 0.2) is 0 Å². The fourth-order valence-electron chi connectivity index (χ4n) is 4.01. The van der Waals surface area contributed by atoms with Gasteiger partial charge in [-0.2, -0.15) is 0 Å². The lowest BCUT2D eigenvalue weighted by Crippen LogP contribution is -2.52. The molecule has 1 fully saturated rings. The molecule has 1 saturated heterocycles. The second-order valence-electron chi connectivity index (χ2n) is 8.43. The van der Waals surface area contributed by atoms with Gasteiger partial charge in [-0.05, 0) is 35.9 Å². The smallest absolute Gasteiger partial charge is 0.248 e. The molecular formula is C26H23N5O4S. The van der Waals surface area contributed by atoms with Crippen molar-refractivity contribution in [1.82, 2.24) is 19.6 Å². The van der Waals surface area contributed by atoms with Gasteiger partial charge in [-0.1, -0.05) is 42.5 Å². The molecule has 1 N–H and O–H groups in total. The van der Waals surface area contributed by atoms with Crippen LogP contribution in [0.5, 0.6) is 0 Å². The van der Waals surface area contributed by atoms with E-state index in [0.29, 0.717) is 28.0 Å². The van der Waals surface area contributed by atoms with Gasteiger partial charge in [-0.25, -0.2) is 18.1 Å². The summed E-state index contributed by atoms with van der Waals surface area (Å²) in [4.78, 5) is 36.5. The Hall–Kier alpha value is -4.15. The van der Waals surface area contributed by atoms with Gasteiger partial charge in [0.05, 0.1) is 34.9 Å². The first kappa shape index (κ1) is 23.6. The summed E-state index contributed by atoms with van der Waals surface area (Å²) in [6.07, 6.45) is 1.61. The zero-order valence-electron chi connectivity index (χ0n) is 19.5. The number of carbonyl (C=O) groups is 2. The first-order valence-corrected chi connectivity index (χ1v) is 12.7. The van der Waals surface area contributed by atoms with Crippen molar-refractivity contribution >= 4 is 38.6 Å². The third kappa shape index (κ3) is 4.68. The Balaban J connectivity index is 1.47. The van der Waals surface area contributed by atoms with Gasteiger partial charge in [0.25, 0.3) is 0 Å². The number of anilines is 1. The third-order valence-electron chi connectivity index (χ3n) is 6.05. The Morgan fingerprint density at radius 3 is 2.42 bits per heavy atom. The maximum Gasteiger partial charge on any atom is 0.248 e. The summed E-state index contributed by atoms with van der Waals surface area (Å²) in [6.45, 7) is 0.279. The van der Waals surface area contributed by atoms with E-state index in [9.17, 15) is 18.0 Å². The molecular weight excluding hydrogens is 478 g/mol. The van der Waals surface area contributed by atoms with Crippen LogP contribution in [0.15, 0.2) is 83.9 Å². The molecule has 0 saturated carbocycles. The molecule has 182 valence electrons. The van der Waals surface area contributed by atoms with E-state index in [4.69, 9.17) is 4.98 Å². The number of rotatable bonds is 6. The minimum atomic E-state index is -3.75. The summed E-state index contributed by atoms with van der Waals surface area (Å²) in [5.41, 5.74) is 3.75. The van der Waals surface area contributed by atoms with E-state index < -0.39 is 10.0 Å². The number of piperazine rings is 1. The molecule has 4 aromatic rings. The first-order valence-electron chi connectivity index (χ1n) is 11.3. The number of sulfonamides is 1. The SMILES string of the molecule is CN1C(=O)CN(c2ccnc3ccc(-c4cccc(S(=O)(=O)NCc5ccccc5)c4)nc23)CC1=O. The molecule has 0 unspecified atom stereocenters. The van der Waals surface area contributed by atoms with Crippen molar-refractivity contribution in [3.63, 3.8) is 0 Å². The van der Waals surface area contributed by atoms with Gasteiger partial charge in [0, 0.05) is 25.4 Å². The summed E-state index contributed by atoms with van der Waals surface area (Å²) in [6, 6.07) is 21.1. The van der Waals surface area contributed by atoms with Crippen molar-refractivity contribution < 1.29 is 18.0 Å². The van der Waals surface area contributed by atoms with E-state index in [-0.39, 0.29) is 36.3 Å². The predicted octanol–water partition coefficient (Wildman–Crippen LogP) is 2.58. The van der Waals surface area contributed by atoms with Gasteiger partial charge >= 0.3 is 0 Å². The topological polar surface area (TPSA) is 113 Å². The molecule has 1 aliphatic rings. The fourth-order valence-corrected chi connectivity index (χ4v) is 5.07. The van der Waals surface area contributed by atoms with Crippen molar-refractivity contribution in [2.24, 2.45) is 0 Å². The number of nitrogens with one attached hydrogen (secondary N) is 1. The first-order chi connectivity index (χ1) is 17.3. The van der Waals surface area contributed by atoms with Gasteiger partial charge in [0.1, 0.15) is 5.52 Å². The van der Waals surface area contributed by atoms with Gasteiger partial charge in [0.2, 0.25) is 21.8 Å². The largest absolute Gasteiger partial charge is 0.351 e. The average molecular weight is 502 g/mol. The lowest BCUT2D eigenvalue weighted by molar-refractivity contribution is -0.143. The number of nitrogens with zero attached hydrogens (tertiary/aromatic N) is 4. The molecule has 0 bridgehead atoms. The number of likely N-dealkylation sites (N-methyl/N-ethyl adjacent to an activating group) is 1. The minimum Gasteiger partial charge on any atom is -0.351 e. The normalized spacial score (nSPS) is 14.5. The molecule has 2 aromatic carbocycles. The lowest BCUT2D eigenvalue weighted by Gasteiger charge is -2.32. The lowest BCUT2D eigenvalue weighted by atomic mass is 10.1. The van der Waals surface area contributed by atoms with E-state index in [2.05, 4.69) is 9.71 Å². The number of pyridine rings is 2. The summed E-state index contributed by atoms with van der Waals surface area (Å²) < 4.78 is 28.5. The summed E-state index contributed by atoms with van der Waals surface area (Å²) in [5, 5.41) is 0. The highest BCUT2D eigenvalue weighted by molar-refractivity contribution is 7.89. The fraction of sp³-hybridized carbons (Fsp3) is 0.154. The van der Waals surface area contributed by atoms with E-state index in [1.54, 1.807) is 47.5 Å². The van der Waals surface area contributed by atoms with Crippen LogP contribution < -0.4 is 9.62 Å². The molecule has 5 rings (SSSR count). The Morgan fingerprint density at radius 2 is 1.67 bits per heavy atom. The molecule has 9 nitrogen and oxygen atoms in total. The van der Waals surface area contributed by atoms with Crippen molar-refractivity contribution in [3.8, 4) is 11.3 Å². The third-order valence-corrected chi connectivity index (χ3v) is 7.45. The van der Waals surface area contributed by atoms with E-state index in [0.717, 1.165) is 10.5 Å². The molecule has 1 aliphatic heterocycles. The van der Waals surface area contributed by atoms with E-state index in [1.165, 1.54) is 13.1 Å². The maximum atomic E-state index is 12.9. The average Bonchev–Trinajstić information content (AvgIpc) is 2.90. The molecule has 0 radical (unpaired) electrons. The molecule has 0 atom stereocenters. The van der Waals surface area contributed by atoms with Crippen LogP contribution in [0.3, 0.4) is 0 Å². The highest BCUT2D eigenvalue weighted by Crippen LogP contribution is 2.29. The Bertz CT molecular complexity index is 1560. The van der Waals surface area contributed by atoms with Crippen LogP contribution in [0.4, 0.5) is 5.69 Å². The van der Waals surface area contributed by atoms with Crippen LogP contribution in [0, 0.1) is 0 Å². The van der Waals surface area contributed by atoms with Crippen molar-refractivity contribution in [3.05, 3.63) is 84.6 Å². The van der Waals surface area contributed by atoms with Crippen LogP contribution in [0.1, 0.15) is 5.56 Å². The molecule has 0 aliphatic carbocycles. The van der Waals surface area contributed by atoms with Crippen molar-refractivity contribution in [1.29, 1.82) is 0 Å². The molecule has 2 aromatic heterocycles. The zero-order valence-corrected chi connectivity index (χ0v) is 20.3. The number of aromatic nitrogens is 2. The monoisotopic (exact) mass is 501 g/mol.